The third kappa shape index (κ3) is 2.26. The molecule has 0 aromatic heterocycles. The average Bonchev–Trinajstić information content (AvgIpc) is 2.33. The number of sulfone groups is 1. The molecule has 94 valence electrons. The highest BCUT2D eigenvalue weighted by atomic mass is 32.2. The van der Waals surface area contributed by atoms with Crippen molar-refractivity contribution < 1.29 is 17.2 Å². The second kappa shape index (κ2) is 4.49. The van der Waals surface area contributed by atoms with E-state index in [1.54, 1.807) is 6.92 Å². The van der Waals surface area contributed by atoms with Crippen LogP contribution in [0.5, 0.6) is 0 Å². The zero-order valence-electron chi connectivity index (χ0n) is 9.52. The van der Waals surface area contributed by atoms with Crippen molar-refractivity contribution in [2.45, 2.75) is 16.7 Å². The fourth-order valence-electron chi connectivity index (χ4n) is 1.49. The summed E-state index contributed by atoms with van der Waals surface area (Å²) in [5.74, 6) is -1.11. The normalized spacial score (nSPS) is 11.5. The minimum atomic E-state index is -3.80. The lowest BCUT2D eigenvalue weighted by Crippen LogP contribution is -2.03. The molecule has 0 fully saturated rings. The minimum Gasteiger partial charge on any atom is -0.219 e. The van der Waals surface area contributed by atoms with Crippen LogP contribution in [0.1, 0.15) is 5.56 Å². The van der Waals surface area contributed by atoms with E-state index in [4.69, 9.17) is 0 Å². The van der Waals surface area contributed by atoms with Crippen LogP contribution < -0.4 is 0 Å². The quantitative estimate of drug-likeness (QED) is 0.784. The summed E-state index contributed by atoms with van der Waals surface area (Å²) in [5.41, 5.74) is 0.369. The molecule has 2 nitrogen and oxygen atoms in total. The van der Waals surface area contributed by atoms with Crippen LogP contribution in [0, 0.1) is 18.6 Å². The first kappa shape index (κ1) is 12.7. The first-order valence-corrected chi connectivity index (χ1v) is 6.66. The zero-order chi connectivity index (χ0) is 13.3. The van der Waals surface area contributed by atoms with Gasteiger partial charge in [0.1, 0.15) is 11.6 Å². The number of rotatable bonds is 2. The molecule has 0 saturated carbocycles. The SMILES string of the molecule is Cc1ccc(S(=O)(=O)c2ccc(F)cc2)cc1F. The molecule has 0 saturated heterocycles. The molecule has 0 heterocycles. The van der Waals surface area contributed by atoms with Crippen LogP contribution in [0.2, 0.25) is 0 Å². The molecule has 18 heavy (non-hydrogen) atoms. The molecule has 0 aliphatic carbocycles. The first-order chi connectivity index (χ1) is 8.41. The summed E-state index contributed by atoms with van der Waals surface area (Å²) >= 11 is 0. The molecule has 5 heteroatoms. The molecular formula is C13H10F2O2S. The van der Waals surface area contributed by atoms with Gasteiger partial charge in [0.2, 0.25) is 9.84 Å². The van der Waals surface area contributed by atoms with Crippen molar-refractivity contribution >= 4 is 9.84 Å². The Labute approximate surface area is 104 Å². The summed E-state index contributed by atoms with van der Waals surface area (Å²) in [4.78, 5) is -0.204. The van der Waals surface area contributed by atoms with Gasteiger partial charge >= 0.3 is 0 Å². The topological polar surface area (TPSA) is 34.1 Å². The van der Waals surface area contributed by atoms with Crippen molar-refractivity contribution in [1.29, 1.82) is 0 Å². The molecule has 0 unspecified atom stereocenters. The highest BCUT2D eigenvalue weighted by Gasteiger charge is 2.18. The number of benzene rings is 2. The standard InChI is InChI=1S/C13H10F2O2S/c1-9-2-5-12(8-13(9)15)18(16,17)11-6-3-10(14)4-7-11/h2-8H,1H3. The maximum atomic E-state index is 13.4. The smallest absolute Gasteiger partial charge is 0.206 e. The molecule has 0 aliphatic heterocycles. The number of halogens is 2. The van der Waals surface area contributed by atoms with Crippen LogP contribution in [-0.2, 0) is 9.84 Å². The molecule has 0 bridgehead atoms. The Bertz CT molecular complexity index is 677. The second-order valence-corrected chi connectivity index (χ2v) is 5.82. The minimum absolute atomic E-state index is 0.0628. The van der Waals surface area contributed by atoms with E-state index in [0.717, 1.165) is 30.3 Å². The number of aryl methyl sites for hydroxylation is 1. The molecule has 2 aromatic carbocycles. The van der Waals surface area contributed by atoms with E-state index in [0.29, 0.717) is 5.56 Å². The summed E-state index contributed by atoms with van der Waals surface area (Å²) < 4.78 is 50.3. The summed E-state index contributed by atoms with van der Waals surface area (Å²) in [5, 5.41) is 0. The first-order valence-electron chi connectivity index (χ1n) is 5.18. The molecule has 0 atom stereocenters. The highest BCUT2D eigenvalue weighted by Crippen LogP contribution is 2.22. The maximum absolute atomic E-state index is 13.4. The van der Waals surface area contributed by atoms with Crippen LogP contribution >= 0.6 is 0 Å². The van der Waals surface area contributed by atoms with Gasteiger partial charge in [-0.05, 0) is 48.9 Å². The summed E-state index contributed by atoms with van der Waals surface area (Å²) in [6.45, 7) is 1.55. The van der Waals surface area contributed by atoms with Crippen LogP contribution in [0.25, 0.3) is 0 Å². The fraction of sp³-hybridized carbons (Fsp3) is 0.0769. The third-order valence-electron chi connectivity index (χ3n) is 2.58. The van der Waals surface area contributed by atoms with Crippen LogP contribution in [0.4, 0.5) is 8.78 Å². The van der Waals surface area contributed by atoms with Crippen molar-refractivity contribution in [2.24, 2.45) is 0 Å². The lowest BCUT2D eigenvalue weighted by atomic mass is 10.2. The third-order valence-corrected chi connectivity index (χ3v) is 4.34. The van der Waals surface area contributed by atoms with Gasteiger partial charge in [-0.2, -0.15) is 0 Å². The van der Waals surface area contributed by atoms with E-state index < -0.39 is 21.5 Å². The molecule has 0 spiro atoms. The molecule has 0 aliphatic rings. The highest BCUT2D eigenvalue weighted by molar-refractivity contribution is 7.91. The Morgan fingerprint density at radius 2 is 1.44 bits per heavy atom. The van der Waals surface area contributed by atoms with E-state index in [2.05, 4.69) is 0 Å². The maximum Gasteiger partial charge on any atom is 0.206 e. The summed E-state index contributed by atoms with van der Waals surface area (Å²) in [6.07, 6.45) is 0. The largest absolute Gasteiger partial charge is 0.219 e. The predicted octanol–water partition coefficient (Wildman–Crippen LogP) is 3.11. The van der Waals surface area contributed by atoms with Crippen molar-refractivity contribution in [1.82, 2.24) is 0 Å². The van der Waals surface area contributed by atoms with E-state index in [1.165, 1.54) is 12.1 Å². The van der Waals surface area contributed by atoms with E-state index >= 15 is 0 Å². The van der Waals surface area contributed by atoms with Gasteiger partial charge in [-0.15, -0.1) is 0 Å². The molecule has 2 rings (SSSR count). The average molecular weight is 268 g/mol. The van der Waals surface area contributed by atoms with Crippen molar-refractivity contribution in [2.75, 3.05) is 0 Å². The number of hydrogen-bond acceptors (Lipinski definition) is 2. The van der Waals surface area contributed by atoms with E-state index in [-0.39, 0.29) is 9.79 Å². The Kier molecular flexibility index (Phi) is 3.17. The van der Waals surface area contributed by atoms with E-state index in [9.17, 15) is 17.2 Å². The van der Waals surface area contributed by atoms with Gasteiger partial charge in [0, 0.05) is 0 Å². The van der Waals surface area contributed by atoms with Crippen LogP contribution in [0.15, 0.2) is 52.3 Å². The van der Waals surface area contributed by atoms with Gasteiger partial charge < -0.3 is 0 Å². The van der Waals surface area contributed by atoms with E-state index in [1.807, 2.05) is 0 Å². The van der Waals surface area contributed by atoms with Gasteiger partial charge in [0.25, 0.3) is 0 Å². The Balaban J connectivity index is 2.54. The van der Waals surface area contributed by atoms with Crippen molar-refractivity contribution in [3.8, 4) is 0 Å². The van der Waals surface area contributed by atoms with Gasteiger partial charge in [0.15, 0.2) is 0 Å². The molecule has 0 N–H and O–H groups in total. The predicted molar refractivity (Wildman–Crippen MR) is 63.0 cm³/mol. The molecule has 2 aromatic rings. The second-order valence-electron chi connectivity index (χ2n) is 3.87. The van der Waals surface area contributed by atoms with Gasteiger partial charge in [-0.25, -0.2) is 17.2 Å². The van der Waals surface area contributed by atoms with Gasteiger partial charge in [0.05, 0.1) is 9.79 Å². The van der Waals surface area contributed by atoms with Gasteiger partial charge in [-0.3, -0.25) is 0 Å². The van der Waals surface area contributed by atoms with Crippen molar-refractivity contribution in [3.05, 3.63) is 59.7 Å². The van der Waals surface area contributed by atoms with Crippen LogP contribution in [0.3, 0.4) is 0 Å². The molecule has 0 radical (unpaired) electrons. The Hall–Kier alpha value is -1.75. The zero-order valence-corrected chi connectivity index (χ0v) is 10.3. The monoisotopic (exact) mass is 268 g/mol. The van der Waals surface area contributed by atoms with Crippen LogP contribution in [-0.4, -0.2) is 8.42 Å². The summed E-state index contributed by atoms with van der Waals surface area (Å²) in [7, 11) is -3.80. The summed E-state index contributed by atoms with van der Waals surface area (Å²) in [6, 6.07) is 8.11. The van der Waals surface area contributed by atoms with Crippen molar-refractivity contribution in [3.63, 3.8) is 0 Å². The molecule has 0 amide bonds. The van der Waals surface area contributed by atoms with Gasteiger partial charge in [-0.1, -0.05) is 6.07 Å². The Morgan fingerprint density at radius 1 is 0.889 bits per heavy atom. The fourth-order valence-corrected chi connectivity index (χ4v) is 2.76. The number of hydrogen-bond donors (Lipinski definition) is 0. The Morgan fingerprint density at radius 3 is 2.00 bits per heavy atom. The lowest BCUT2D eigenvalue weighted by molar-refractivity contribution is 0.588. The molecular weight excluding hydrogens is 258 g/mol. The lowest BCUT2D eigenvalue weighted by Gasteiger charge is -2.05.